The molecule has 2 amide bonds. The monoisotopic (exact) mass is 782 g/mol. The molecule has 10 fully saturated rings. The molecular weight excluding hydrogens is 719 g/mol. The van der Waals surface area contributed by atoms with E-state index in [1.54, 1.807) is 0 Å². The smallest absolute Gasteiger partial charge is 0.226 e. The van der Waals surface area contributed by atoms with Gasteiger partial charge in [0.1, 0.15) is 0 Å². The summed E-state index contributed by atoms with van der Waals surface area (Å²) in [7, 11) is 0. The Labute approximate surface area is 337 Å². The van der Waals surface area contributed by atoms with Crippen molar-refractivity contribution in [3.63, 3.8) is 0 Å². The highest BCUT2D eigenvalue weighted by Crippen LogP contribution is 2.75. The Hall–Kier alpha value is -2.88. The Bertz CT molecular complexity index is 1910. The number of alkyl halides is 2. The van der Waals surface area contributed by atoms with Crippen LogP contribution in [0.2, 0.25) is 0 Å². The first-order valence-corrected chi connectivity index (χ1v) is 22.2. The van der Waals surface area contributed by atoms with E-state index in [2.05, 4.69) is 83.6 Å². The lowest BCUT2D eigenvalue weighted by molar-refractivity contribution is -0.173. The van der Waals surface area contributed by atoms with Gasteiger partial charge in [0.15, 0.2) is 0 Å². The maximum Gasteiger partial charge on any atom is 0.226 e. The fourth-order valence-electron chi connectivity index (χ4n) is 16.3. The topological polar surface area (TPSA) is 102 Å². The second kappa shape index (κ2) is 13.1. The number of hydrogen-bond acceptors (Lipinski definition) is 5. The van der Waals surface area contributed by atoms with Gasteiger partial charge in [0.25, 0.3) is 0 Å². The third-order valence-corrected chi connectivity index (χ3v) is 17.6. The lowest BCUT2D eigenvalue weighted by Crippen LogP contribution is -2.69. The Morgan fingerprint density at radius 3 is 1.93 bits per heavy atom. The fraction of sp³-hybridized carbons (Fsp3) is 0.708. The predicted octanol–water partition coefficient (Wildman–Crippen LogP) is 6.71. The molecule has 5 unspecified atom stereocenters. The van der Waals surface area contributed by atoms with E-state index in [0.29, 0.717) is 51.0 Å². The molecule has 2 heterocycles. The van der Waals surface area contributed by atoms with Crippen LogP contribution in [0.3, 0.4) is 0 Å². The van der Waals surface area contributed by atoms with E-state index in [-0.39, 0.29) is 46.8 Å². The van der Waals surface area contributed by atoms with Crippen molar-refractivity contribution < 1.29 is 23.5 Å². The second-order valence-electron chi connectivity index (χ2n) is 22.3. The van der Waals surface area contributed by atoms with E-state index in [0.717, 1.165) is 71.0 Å². The number of benzene rings is 2. The summed E-state index contributed by atoms with van der Waals surface area (Å²) in [6.45, 7) is 6.56. The number of piperidine rings is 2. The lowest BCUT2D eigenvalue weighted by Gasteiger charge is -2.70. The largest absolute Gasteiger partial charge is 0.390 e. The van der Waals surface area contributed by atoms with Crippen LogP contribution < -0.4 is 21.3 Å². The van der Waals surface area contributed by atoms with Crippen LogP contribution in [-0.2, 0) is 25.8 Å². The molecule has 8 saturated carbocycles. The van der Waals surface area contributed by atoms with Crippen molar-refractivity contribution in [2.24, 2.45) is 33.0 Å². The number of β-amino-alcohol motifs (C(OH)–C–C–N with tert-alkyl or cyclic N) is 1. The van der Waals surface area contributed by atoms with Gasteiger partial charge in [-0.1, -0.05) is 68.4 Å². The van der Waals surface area contributed by atoms with Gasteiger partial charge in [-0.3, -0.25) is 18.4 Å². The average Bonchev–Trinajstić information content (AvgIpc) is 3.19. The Kier molecular flexibility index (Phi) is 8.78. The Morgan fingerprint density at radius 1 is 0.667 bits per heavy atom. The van der Waals surface area contributed by atoms with Gasteiger partial charge in [-0.25, -0.2) is 0 Å². The van der Waals surface area contributed by atoms with Crippen LogP contribution in [0.1, 0.15) is 120 Å². The molecule has 2 aromatic carbocycles. The van der Waals surface area contributed by atoms with Crippen LogP contribution >= 0.6 is 0 Å². The SMILES string of the molecule is CC1(C)CNCCC1NC(=O)C12CC3C[C@@](CF)(C1)C[C@](c1ccc(C45CC6(C(=O)N[C@@H]7CCNC[C@H]7O)C[C@](CF)(C4)C[C@@](c4ccccc4)(C6)C5)cc1)(C3)C2. The summed E-state index contributed by atoms with van der Waals surface area (Å²) in [5, 5.41) is 24.4. The standard InChI is InChI=1S/C48H64F2N4O3/c1-41(2)31-52-15-13-38(41)54-39(56)45-18-32-16-42(21-45,29-49)20-44(17-32,25-45)34-8-10-35(11-9-34)47-23-43(30-50)22-46(26-47,33-6-4-3-5-7-33)27-48(24-43,28-47)40(57)53-36-12-14-51-19-37(36)55/h3-11,32,36-38,51-52,55H,12-31H2,1-2H3,(H,53,57)(H,54,56)/t32?,36-,37-,38?,42+,43-,44-,45?,46+,47?,48?/m1/s1. The van der Waals surface area contributed by atoms with Crippen molar-refractivity contribution in [3.05, 3.63) is 71.3 Å². The molecule has 0 radical (unpaired) electrons. The third-order valence-electron chi connectivity index (χ3n) is 17.6. The number of halogens is 2. The van der Waals surface area contributed by atoms with E-state index in [1.165, 1.54) is 16.7 Å². The van der Waals surface area contributed by atoms with Crippen LogP contribution in [-0.4, -0.2) is 74.6 Å². The molecule has 2 saturated heterocycles. The molecule has 9 heteroatoms. The molecule has 5 N–H and O–H groups in total. The third kappa shape index (κ3) is 5.92. The number of nitrogens with one attached hydrogen (secondary N) is 4. The van der Waals surface area contributed by atoms with E-state index >= 15 is 8.78 Å². The van der Waals surface area contributed by atoms with Crippen molar-refractivity contribution >= 4 is 11.8 Å². The van der Waals surface area contributed by atoms with Crippen LogP contribution in [0.25, 0.3) is 0 Å². The summed E-state index contributed by atoms with van der Waals surface area (Å²) < 4.78 is 31.3. The quantitative estimate of drug-likeness (QED) is 0.195. The van der Waals surface area contributed by atoms with Crippen LogP contribution in [0, 0.1) is 33.0 Å². The first-order chi connectivity index (χ1) is 27.2. The maximum absolute atomic E-state index is 15.9. The molecule has 8 aliphatic carbocycles. The minimum absolute atomic E-state index is 0.0202. The lowest BCUT2D eigenvalue weighted by atomic mass is 9.33. The van der Waals surface area contributed by atoms with Crippen molar-refractivity contribution in [1.82, 2.24) is 21.3 Å². The van der Waals surface area contributed by atoms with Crippen LogP contribution in [0.4, 0.5) is 8.78 Å². The zero-order valence-corrected chi connectivity index (χ0v) is 34.2. The van der Waals surface area contributed by atoms with Gasteiger partial charge in [-0.05, 0) is 147 Å². The minimum atomic E-state index is -0.754. The summed E-state index contributed by atoms with van der Waals surface area (Å²) in [5.74, 6) is 0.439. The molecule has 12 rings (SSSR count). The number of carbonyl (C=O) groups is 2. The summed E-state index contributed by atoms with van der Waals surface area (Å²) >= 11 is 0. The van der Waals surface area contributed by atoms with Gasteiger partial charge >= 0.3 is 0 Å². The number of aliphatic hydroxyl groups excluding tert-OH is 1. The highest BCUT2D eigenvalue weighted by Gasteiger charge is 2.71. The summed E-state index contributed by atoms with van der Waals surface area (Å²) in [6, 6.07) is 19.4. The van der Waals surface area contributed by atoms with Crippen LogP contribution in [0.15, 0.2) is 54.6 Å². The summed E-state index contributed by atoms with van der Waals surface area (Å²) in [6.07, 6.45) is 9.99. The van der Waals surface area contributed by atoms with Crippen molar-refractivity contribution in [2.75, 3.05) is 39.5 Å². The zero-order chi connectivity index (χ0) is 39.5. The van der Waals surface area contributed by atoms with Gasteiger partial charge in [0.2, 0.25) is 11.8 Å². The van der Waals surface area contributed by atoms with Gasteiger partial charge in [-0.15, -0.1) is 0 Å². The zero-order valence-electron chi connectivity index (χ0n) is 34.2. The average molecular weight is 783 g/mol. The molecule has 0 aromatic heterocycles. The highest BCUT2D eigenvalue weighted by molar-refractivity contribution is 5.85. The number of hydrogen-bond donors (Lipinski definition) is 5. The molecule has 10 aliphatic rings. The van der Waals surface area contributed by atoms with Crippen molar-refractivity contribution in [1.29, 1.82) is 0 Å². The number of amides is 2. The van der Waals surface area contributed by atoms with Gasteiger partial charge in [0, 0.05) is 30.0 Å². The number of aliphatic hydroxyl groups is 1. The molecule has 2 aromatic rings. The van der Waals surface area contributed by atoms with Gasteiger partial charge in [-0.2, -0.15) is 0 Å². The second-order valence-corrected chi connectivity index (χ2v) is 22.3. The number of carbonyl (C=O) groups excluding carboxylic acids is 2. The van der Waals surface area contributed by atoms with E-state index in [1.807, 2.05) is 6.07 Å². The molecule has 0 spiro atoms. The van der Waals surface area contributed by atoms with Crippen molar-refractivity contribution in [2.45, 2.75) is 138 Å². The molecule has 11 atom stereocenters. The minimum Gasteiger partial charge on any atom is -0.390 e. The fourth-order valence-corrected chi connectivity index (χ4v) is 16.3. The maximum atomic E-state index is 15.9. The normalized spacial score (nSPS) is 45.1. The Morgan fingerprint density at radius 2 is 1.26 bits per heavy atom. The number of rotatable bonds is 9. The molecule has 308 valence electrons. The molecule has 2 aliphatic heterocycles. The van der Waals surface area contributed by atoms with E-state index < -0.39 is 39.9 Å². The molecule has 57 heavy (non-hydrogen) atoms. The van der Waals surface area contributed by atoms with E-state index in [4.69, 9.17) is 0 Å². The molecule has 7 nitrogen and oxygen atoms in total. The molecular formula is C48H64F2N4O3. The molecule has 8 bridgehead atoms. The van der Waals surface area contributed by atoms with E-state index in [9.17, 15) is 14.7 Å². The predicted molar refractivity (Wildman–Crippen MR) is 217 cm³/mol. The summed E-state index contributed by atoms with van der Waals surface area (Å²) in [4.78, 5) is 29.4. The summed E-state index contributed by atoms with van der Waals surface area (Å²) in [5.41, 5.74) is 0.100. The highest BCUT2D eigenvalue weighted by atomic mass is 19.1. The first kappa shape index (κ1) is 38.3. The van der Waals surface area contributed by atoms with Crippen LogP contribution in [0.5, 0.6) is 0 Å². The Balaban J connectivity index is 1.00. The van der Waals surface area contributed by atoms with Gasteiger partial charge < -0.3 is 26.4 Å². The first-order valence-electron chi connectivity index (χ1n) is 22.2. The van der Waals surface area contributed by atoms with Gasteiger partial charge in [0.05, 0.1) is 36.3 Å². The van der Waals surface area contributed by atoms with Crippen molar-refractivity contribution in [3.8, 4) is 0 Å².